The van der Waals surface area contributed by atoms with Gasteiger partial charge in [0, 0.05) is 25.0 Å². The molecule has 0 spiro atoms. The fourth-order valence-electron chi connectivity index (χ4n) is 2.18. The quantitative estimate of drug-likeness (QED) is 0.826. The molecule has 2 rings (SSSR count). The van der Waals surface area contributed by atoms with E-state index in [1.807, 2.05) is 0 Å². The van der Waals surface area contributed by atoms with Gasteiger partial charge in [-0.3, -0.25) is 4.79 Å². The third-order valence-corrected chi connectivity index (χ3v) is 3.22. The highest BCUT2D eigenvalue weighted by Crippen LogP contribution is 2.33. The van der Waals surface area contributed by atoms with E-state index in [0.717, 1.165) is 0 Å². The highest BCUT2D eigenvalue weighted by Gasteiger charge is 2.21. The predicted molar refractivity (Wildman–Crippen MR) is 78.0 cm³/mol. The molecule has 0 bridgehead atoms. The van der Waals surface area contributed by atoms with Crippen molar-refractivity contribution in [1.82, 2.24) is 0 Å². The van der Waals surface area contributed by atoms with E-state index >= 15 is 0 Å². The van der Waals surface area contributed by atoms with E-state index in [4.69, 9.17) is 13.9 Å². The first-order chi connectivity index (χ1) is 10.5. The first kappa shape index (κ1) is 15.6. The molecule has 6 heteroatoms. The van der Waals surface area contributed by atoms with Crippen LogP contribution < -0.4 is 9.47 Å². The van der Waals surface area contributed by atoms with Crippen molar-refractivity contribution in [3.63, 3.8) is 0 Å². The Morgan fingerprint density at radius 1 is 1.23 bits per heavy atom. The van der Waals surface area contributed by atoms with E-state index in [9.17, 15) is 14.7 Å². The standard InChI is InChI=1S/C16H16O6/c1-9(17)13-8-11(16(18)19)14(22-13)7-10-5-4-6-12(20-2)15(10)21-3/h4-6,8H,7H2,1-3H3,(H,18,19). The number of carboxylic acids is 1. The number of ether oxygens (including phenoxy) is 2. The van der Waals surface area contributed by atoms with Gasteiger partial charge in [0.25, 0.3) is 0 Å². The highest BCUT2D eigenvalue weighted by atomic mass is 16.5. The van der Waals surface area contributed by atoms with Crippen molar-refractivity contribution in [1.29, 1.82) is 0 Å². The van der Waals surface area contributed by atoms with Crippen molar-refractivity contribution in [3.05, 3.63) is 46.9 Å². The Kier molecular flexibility index (Phi) is 4.50. The Hall–Kier alpha value is -2.76. The number of carbonyl (C=O) groups is 2. The van der Waals surface area contributed by atoms with Crippen molar-refractivity contribution in [2.24, 2.45) is 0 Å². The summed E-state index contributed by atoms with van der Waals surface area (Å²) in [4.78, 5) is 22.7. The van der Waals surface area contributed by atoms with Crippen LogP contribution in [0.1, 0.15) is 39.2 Å². The fourth-order valence-corrected chi connectivity index (χ4v) is 2.18. The van der Waals surface area contributed by atoms with Crippen LogP contribution in [0.25, 0.3) is 0 Å². The molecule has 0 fully saturated rings. The van der Waals surface area contributed by atoms with E-state index in [-0.39, 0.29) is 29.3 Å². The number of furan rings is 1. The third kappa shape index (κ3) is 2.95. The van der Waals surface area contributed by atoms with E-state index in [1.165, 1.54) is 27.2 Å². The molecule has 1 N–H and O–H groups in total. The van der Waals surface area contributed by atoms with Crippen LogP contribution in [0.5, 0.6) is 11.5 Å². The second kappa shape index (κ2) is 6.34. The number of ketones is 1. The van der Waals surface area contributed by atoms with Crippen LogP contribution >= 0.6 is 0 Å². The summed E-state index contributed by atoms with van der Waals surface area (Å²) in [5.74, 6) is -0.213. The second-order valence-electron chi connectivity index (χ2n) is 4.64. The summed E-state index contributed by atoms with van der Waals surface area (Å²) < 4.78 is 15.9. The molecule has 1 aromatic carbocycles. The van der Waals surface area contributed by atoms with E-state index in [0.29, 0.717) is 17.1 Å². The summed E-state index contributed by atoms with van der Waals surface area (Å²) in [6, 6.07) is 6.53. The van der Waals surface area contributed by atoms with Crippen molar-refractivity contribution in [2.45, 2.75) is 13.3 Å². The number of carboxylic acid groups (broad SMARTS) is 1. The molecule has 0 aliphatic carbocycles. The van der Waals surface area contributed by atoms with Gasteiger partial charge in [-0.05, 0) is 6.07 Å². The summed E-state index contributed by atoms with van der Waals surface area (Å²) in [7, 11) is 3.02. The van der Waals surface area contributed by atoms with Gasteiger partial charge in [-0.2, -0.15) is 0 Å². The van der Waals surface area contributed by atoms with E-state index < -0.39 is 5.97 Å². The maximum absolute atomic E-state index is 11.4. The molecule has 0 amide bonds. The second-order valence-corrected chi connectivity index (χ2v) is 4.64. The number of rotatable bonds is 6. The van der Waals surface area contributed by atoms with Crippen LogP contribution in [0.15, 0.2) is 28.7 Å². The van der Waals surface area contributed by atoms with Crippen molar-refractivity contribution in [3.8, 4) is 11.5 Å². The van der Waals surface area contributed by atoms with Gasteiger partial charge in [-0.1, -0.05) is 12.1 Å². The Balaban J connectivity index is 2.47. The third-order valence-electron chi connectivity index (χ3n) is 3.22. The lowest BCUT2D eigenvalue weighted by Gasteiger charge is -2.11. The Morgan fingerprint density at radius 2 is 1.95 bits per heavy atom. The molecule has 1 heterocycles. The number of carbonyl (C=O) groups excluding carboxylic acids is 1. The summed E-state index contributed by atoms with van der Waals surface area (Å²) in [5, 5.41) is 9.24. The summed E-state index contributed by atoms with van der Waals surface area (Å²) in [5.41, 5.74) is 0.670. The summed E-state index contributed by atoms with van der Waals surface area (Å²) in [6.45, 7) is 1.32. The molecule has 6 nitrogen and oxygen atoms in total. The van der Waals surface area contributed by atoms with Gasteiger partial charge in [0.2, 0.25) is 0 Å². The average molecular weight is 304 g/mol. The van der Waals surface area contributed by atoms with Crippen LogP contribution in [0, 0.1) is 0 Å². The minimum Gasteiger partial charge on any atom is -0.493 e. The SMILES string of the molecule is COc1cccc(Cc2oc(C(C)=O)cc2C(=O)O)c1OC. The van der Waals surface area contributed by atoms with Gasteiger partial charge in [0.1, 0.15) is 11.3 Å². The van der Waals surface area contributed by atoms with Gasteiger partial charge < -0.3 is 19.0 Å². The molecule has 0 radical (unpaired) electrons. The summed E-state index contributed by atoms with van der Waals surface area (Å²) in [6.07, 6.45) is 0.176. The Labute approximate surface area is 127 Å². The molecule has 22 heavy (non-hydrogen) atoms. The number of para-hydroxylation sites is 1. The molecule has 0 aliphatic rings. The van der Waals surface area contributed by atoms with Crippen LogP contribution in [-0.4, -0.2) is 31.1 Å². The normalized spacial score (nSPS) is 10.3. The number of benzene rings is 1. The van der Waals surface area contributed by atoms with Crippen molar-refractivity contribution < 1.29 is 28.6 Å². The predicted octanol–water partition coefficient (Wildman–Crippen LogP) is 2.79. The molecular weight excluding hydrogens is 288 g/mol. The molecule has 116 valence electrons. The van der Waals surface area contributed by atoms with Crippen LogP contribution in [0.2, 0.25) is 0 Å². The minimum absolute atomic E-state index is 0.0225. The monoisotopic (exact) mass is 304 g/mol. The van der Waals surface area contributed by atoms with Gasteiger partial charge in [0.05, 0.1) is 14.2 Å². The van der Waals surface area contributed by atoms with E-state index in [1.54, 1.807) is 18.2 Å². The minimum atomic E-state index is -1.15. The first-order valence-corrected chi connectivity index (χ1v) is 6.54. The fraction of sp³-hybridized carbons (Fsp3) is 0.250. The largest absolute Gasteiger partial charge is 0.493 e. The van der Waals surface area contributed by atoms with E-state index in [2.05, 4.69) is 0 Å². The molecule has 2 aromatic rings. The summed E-state index contributed by atoms with van der Waals surface area (Å²) >= 11 is 0. The topological polar surface area (TPSA) is 86.0 Å². The van der Waals surface area contributed by atoms with Crippen LogP contribution in [0.4, 0.5) is 0 Å². The van der Waals surface area contributed by atoms with Crippen molar-refractivity contribution in [2.75, 3.05) is 14.2 Å². The highest BCUT2D eigenvalue weighted by molar-refractivity contribution is 5.96. The molecule has 0 atom stereocenters. The molecule has 0 saturated heterocycles. The molecule has 0 unspecified atom stereocenters. The zero-order valence-electron chi connectivity index (χ0n) is 12.5. The molecule has 0 saturated carbocycles. The Bertz CT molecular complexity index is 713. The lowest BCUT2D eigenvalue weighted by molar-refractivity contribution is 0.0694. The molecule has 0 aliphatic heterocycles. The van der Waals surface area contributed by atoms with Crippen molar-refractivity contribution >= 4 is 11.8 Å². The number of hydrogen-bond acceptors (Lipinski definition) is 5. The van der Waals surface area contributed by atoms with Gasteiger partial charge in [-0.15, -0.1) is 0 Å². The number of hydrogen-bond donors (Lipinski definition) is 1. The number of methoxy groups -OCH3 is 2. The van der Waals surface area contributed by atoms with Gasteiger partial charge in [-0.25, -0.2) is 4.79 Å². The molecule has 1 aromatic heterocycles. The van der Waals surface area contributed by atoms with Gasteiger partial charge in [0.15, 0.2) is 23.0 Å². The van der Waals surface area contributed by atoms with Crippen LogP contribution in [-0.2, 0) is 6.42 Å². The number of Topliss-reactive ketones (excluding diaryl/α,β-unsaturated/α-hetero) is 1. The first-order valence-electron chi connectivity index (χ1n) is 6.54. The molecular formula is C16H16O6. The average Bonchev–Trinajstić information content (AvgIpc) is 2.91. The maximum atomic E-state index is 11.4. The zero-order valence-corrected chi connectivity index (χ0v) is 12.5. The lowest BCUT2D eigenvalue weighted by Crippen LogP contribution is -2.01. The lowest BCUT2D eigenvalue weighted by atomic mass is 10.1. The maximum Gasteiger partial charge on any atom is 0.339 e. The zero-order chi connectivity index (χ0) is 16.3. The van der Waals surface area contributed by atoms with Gasteiger partial charge >= 0.3 is 5.97 Å². The van der Waals surface area contributed by atoms with Crippen LogP contribution in [0.3, 0.4) is 0 Å². The number of aromatic carboxylic acids is 1. The smallest absolute Gasteiger partial charge is 0.339 e. The Morgan fingerprint density at radius 3 is 2.50 bits per heavy atom.